The van der Waals surface area contributed by atoms with Crippen molar-refractivity contribution in [3.8, 4) is 0 Å². The maximum Gasteiger partial charge on any atom is 0.420 e. The monoisotopic (exact) mass is 433 g/mol. The Morgan fingerprint density at radius 2 is 2.00 bits per heavy atom. The molecule has 9 heteroatoms. The minimum atomic E-state index is -0.577. The van der Waals surface area contributed by atoms with Crippen molar-refractivity contribution >= 4 is 56.7 Å². The summed E-state index contributed by atoms with van der Waals surface area (Å²) in [6, 6.07) is 12.4. The van der Waals surface area contributed by atoms with E-state index >= 15 is 0 Å². The van der Waals surface area contributed by atoms with Gasteiger partial charge < -0.3 is 9.73 Å². The van der Waals surface area contributed by atoms with Crippen molar-refractivity contribution in [3.63, 3.8) is 0 Å². The van der Waals surface area contributed by atoms with Gasteiger partial charge in [-0.25, -0.2) is 9.78 Å². The summed E-state index contributed by atoms with van der Waals surface area (Å²) in [6.07, 6.45) is 2.23. The summed E-state index contributed by atoms with van der Waals surface area (Å²) in [6.45, 7) is -0.162. The molecule has 0 unspecified atom stereocenters. The first kappa shape index (κ1) is 18.7. The second-order valence-corrected chi connectivity index (χ2v) is 7.89. The smallest absolute Gasteiger partial charge is 0.408 e. The number of amides is 1. The van der Waals surface area contributed by atoms with Crippen LogP contribution in [0.5, 0.6) is 0 Å². The summed E-state index contributed by atoms with van der Waals surface area (Å²) in [5.74, 6) is -0.942. The topological polar surface area (TPSA) is 77.1 Å². The third-order valence-electron chi connectivity index (χ3n) is 4.07. The van der Waals surface area contributed by atoms with E-state index in [1.807, 2.05) is 12.1 Å². The molecule has 0 bridgehead atoms. The highest BCUT2D eigenvalue weighted by Gasteiger charge is 2.14. The van der Waals surface area contributed by atoms with E-state index in [0.717, 1.165) is 10.4 Å². The molecule has 1 amide bonds. The quantitative estimate of drug-likeness (QED) is 0.499. The van der Waals surface area contributed by atoms with Crippen LogP contribution in [0.2, 0.25) is 10.0 Å². The van der Waals surface area contributed by atoms with Gasteiger partial charge in [0.25, 0.3) is 0 Å². The number of fused-ring (bicyclic) bond motifs is 1. The number of nitrogens with zero attached hydrogens (tertiary/aromatic N) is 2. The Bertz CT molecular complexity index is 1230. The lowest BCUT2D eigenvalue weighted by molar-refractivity contribution is -0.116. The van der Waals surface area contributed by atoms with Crippen LogP contribution in [-0.4, -0.2) is 15.5 Å². The Balaban J connectivity index is 1.46. The molecular formula is C19H13Cl2N3O3S. The van der Waals surface area contributed by atoms with Crippen molar-refractivity contribution in [3.05, 3.63) is 79.7 Å². The van der Waals surface area contributed by atoms with Gasteiger partial charge in [-0.15, -0.1) is 11.3 Å². The van der Waals surface area contributed by atoms with Crippen molar-refractivity contribution in [2.45, 2.75) is 13.0 Å². The second-order valence-electron chi connectivity index (χ2n) is 5.99. The van der Waals surface area contributed by atoms with E-state index in [0.29, 0.717) is 32.7 Å². The predicted octanol–water partition coefficient (Wildman–Crippen LogP) is 4.59. The molecule has 2 aromatic heterocycles. The first-order chi connectivity index (χ1) is 13.5. The maximum absolute atomic E-state index is 12.4. The lowest BCUT2D eigenvalue weighted by atomic mass is 10.1. The third kappa shape index (κ3) is 3.82. The maximum atomic E-state index is 12.4. The molecular weight excluding hydrogens is 421 g/mol. The summed E-state index contributed by atoms with van der Waals surface area (Å²) < 4.78 is 6.42. The molecule has 28 heavy (non-hydrogen) atoms. The fourth-order valence-corrected chi connectivity index (χ4v) is 4.02. The zero-order chi connectivity index (χ0) is 19.7. The van der Waals surface area contributed by atoms with Crippen molar-refractivity contribution in [2.24, 2.45) is 0 Å². The van der Waals surface area contributed by atoms with Gasteiger partial charge in [-0.2, -0.15) is 0 Å². The van der Waals surface area contributed by atoms with E-state index in [1.165, 1.54) is 15.9 Å². The van der Waals surface area contributed by atoms with Crippen molar-refractivity contribution in [1.82, 2.24) is 9.55 Å². The molecule has 0 saturated carbocycles. The van der Waals surface area contributed by atoms with Crippen LogP contribution in [-0.2, 0) is 17.8 Å². The summed E-state index contributed by atoms with van der Waals surface area (Å²) >= 11 is 13.6. The molecule has 2 heterocycles. The second kappa shape index (κ2) is 7.79. The zero-order valence-electron chi connectivity index (χ0n) is 14.3. The number of carbonyl (C=O) groups excluding carboxylic acids is 1. The van der Waals surface area contributed by atoms with E-state index in [2.05, 4.69) is 10.3 Å². The Kier molecular flexibility index (Phi) is 5.21. The van der Waals surface area contributed by atoms with Crippen molar-refractivity contribution < 1.29 is 9.21 Å². The number of hydrogen-bond donors (Lipinski definition) is 1. The number of thiazole rings is 1. The van der Waals surface area contributed by atoms with E-state index in [4.69, 9.17) is 27.6 Å². The van der Waals surface area contributed by atoms with Gasteiger partial charge in [-0.05, 0) is 23.8 Å². The number of aromatic nitrogens is 2. The molecule has 0 aliphatic heterocycles. The average molecular weight is 434 g/mol. The van der Waals surface area contributed by atoms with Gasteiger partial charge in [0.05, 0.1) is 15.6 Å². The number of anilines is 1. The van der Waals surface area contributed by atoms with E-state index in [1.54, 1.807) is 36.5 Å². The van der Waals surface area contributed by atoms with Gasteiger partial charge in [-0.1, -0.05) is 47.5 Å². The van der Waals surface area contributed by atoms with E-state index in [9.17, 15) is 9.59 Å². The standard InChI is InChI=1S/C19H13Cl2N3O3S/c20-13-5-3-4-11(17(13)21)8-12-9-22-18(28-12)23-16(25)10-24-14-6-1-2-7-15(14)27-19(24)26/h1-7,9H,8,10H2,(H,22,23,25). The third-order valence-corrected chi connectivity index (χ3v) is 5.84. The summed E-state index contributed by atoms with van der Waals surface area (Å²) in [5, 5.41) is 4.16. The van der Waals surface area contributed by atoms with Crippen LogP contribution in [0.15, 0.2) is 57.9 Å². The number of carbonyl (C=O) groups is 1. The van der Waals surface area contributed by atoms with Crippen LogP contribution in [0.4, 0.5) is 5.13 Å². The number of oxazole rings is 1. The molecule has 1 N–H and O–H groups in total. The molecule has 142 valence electrons. The molecule has 0 atom stereocenters. The lowest BCUT2D eigenvalue weighted by Gasteiger charge is -2.04. The first-order valence-corrected chi connectivity index (χ1v) is 9.84. The number of para-hydroxylation sites is 2. The van der Waals surface area contributed by atoms with Crippen LogP contribution in [0, 0.1) is 0 Å². The Hall–Kier alpha value is -2.61. The fourth-order valence-electron chi connectivity index (χ4n) is 2.79. The SMILES string of the molecule is O=C(Cn1c(=O)oc2ccccc21)Nc1ncc(Cc2cccc(Cl)c2Cl)s1. The van der Waals surface area contributed by atoms with Crippen LogP contribution < -0.4 is 11.1 Å². The van der Waals surface area contributed by atoms with Crippen LogP contribution in [0.1, 0.15) is 10.4 Å². The molecule has 0 saturated heterocycles. The molecule has 4 rings (SSSR count). The molecule has 4 aromatic rings. The average Bonchev–Trinajstić information content (AvgIpc) is 3.23. The van der Waals surface area contributed by atoms with Gasteiger partial charge in [0.2, 0.25) is 5.91 Å². The number of halogens is 2. The summed E-state index contributed by atoms with van der Waals surface area (Å²) in [5.41, 5.74) is 1.89. The lowest BCUT2D eigenvalue weighted by Crippen LogP contribution is -2.24. The highest BCUT2D eigenvalue weighted by molar-refractivity contribution is 7.15. The normalized spacial score (nSPS) is 11.1. The molecule has 0 aliphatic carbocycles. The summed E-state index contributed by atoms with van der Waals surface area (Å²) in [4.78, 5) is 29.5. The number of nitrogens with one attached hydrogen (secondary N) is 1. The van der Waals surface area contributed by atoms with Crippen molar-refractivity contribution in [2.75, 3.05) is 5.32 Å². The van der Waals surface area contributed by atoms with Gasteiger partial charge in [0, 0.05) is 17.5 Å². The van der Waals surface area contributed by atoms with E-state index in [-0.39, 0.29) is 12.5 Å². The van der Waals surface area contributed by atoms with Gasteiger partial charge in [0.15, 0.2) is 10.7 Å². The minimum absolute atomic E-state index is 0.162. The molecule has 0 spiro atoms. The zero-order valence-corrected chi connectivity index (χ0v) is 16.6. The van der Waals surface area contributed by atoms with Crippen LogP contribution >= 0.6 is 34.5 Å². The Morgan fingerprint density at radius 3 is 2.86 bits per heavy atom. The molecule has 6 nitrogen and oxygen atoms in total. The van der Waals surface area contributed by atoms with E-state index < -0.39 is 5.76 Å². The highest BCUT2D eigenvalue weighted by atomic mass is 35.5. The number of benzene rings is 2. The van der Waals surface area contributed by atoms with Gasteiger partial charge in [0.1, 0.15) is 6.54 Å². The first-order valence-electron chi connectivity index (χ1n) is 8.27. The number of hydrogen-bond acceptors (Lipinski definition) is 5. The van der Waals surface area contributed by atoms with Crippen LogP contribution in [0.3, 0.4) is 0 Å². The molecule has 0 radical (unpaired) electrons. The Morgan fingerprint density at radius 1 is 1.18 bits per heavy atom. The molecule has 0 fully saturated rings. The number of rotatable bonds is 5. The van der Waals surface area contributed by atoms with Crippen LogP contribution in [0.25, 0.3) is 11.1 Å². The van der Waals surface area contributed by atoms with Crippen molar-refractivity contribution in [1.29, 1.82) is 0 Å². The molecule has 0 aliphatic rings. The van der Waals surface area contributed by atoms with Gasteiger partial charge >= 0.3 is 5.76 Å². The largest absolute Gasteiger partial charge is 0.420 e. The molecule has 2 aromatic carbocycles. The highest BCUT2D eigenvalue weighted by Crippen LogP contribution is 2.29. The summed E-state index contributed by atoms with van der Waals surface area (Å²) in [7, 11) is 0. The predicted molar refractivity (Wildman–Crippen MR) is 110 cm³/mol. The fraction of sp³-hybridized carbons (Fsp3) is 0.105. The minimum Gasteiger partial charge on any atom is -0.408 e. The van der Waals surface area contributed by atoms with Gasteiger partial charge in [-0.3, -0.25) is 9.36 Å². The Labute approximate surface area is 173 Å².